The summed E-state index contributed by atoms with van der Waals surface area (Å²) in [5, 5.41) is 16.1. The molecule has 1 amide bonds. The molecular formula is C22H15ClN4O8. The molecule has 2 N–H and O–H groups in total. The molecule has 0 spiro atoms. The molecule has 1 fully saturated rings. The van der Waals surface area contributed by atoms with Gasteiger partial charge in [-0.1, -0.05) is 35.0 Å². The van der Waals surface area contributed by atoms with Gasteiger partial charge >= 0.3 is 12.1 Å². The standard InChI is InChI=1S/C22H15ClN4O8/c1-11(12-4-2-3-5-13(12)23)33-21(30)24-15-8-32-27-14(15)6-7-16-25-17-18(34-16)26-19(35-17)22(20(28)29)9-31-10-22/h2-5,8,11H,9-10H2,1H3,(H,24,30)(H,28,29). The van der Waals surface area contributed by atoms with Crippen LogP contribution in [0.4, 0.5) is 10.5 Å². The molecule has 3 aromatic heterocycles. The van der Waals surface area contributed by atoms with Crippen molar-refractivity contribution in [1.82, 2.24) is 15.1 Å². The lowest BCUT2D eigenvalue weighted by molar-refractivity contribution is -0.165. The highest BCUT2D eigenvalue weighted by molar-refractivity contribution is 6.31. The molecule has 5 rings (SSSR count). The number of anilines is 1. The fraction of sp³-hybridized carbons (Fsp3) is 0.227. The molecule has 1 unspecified atom stereocenters. The minimum absolute atomic E-state index is 0.00698. The van der Waals surface area contributed by atoms with Crippen LogP contribution in [0.5, 0.6) is 0 Å². The van der Waals surface area contributed by atoms with Gasteiger partial charge in [0.15, 0.2) is 11.1 Å². The van der Waals surface area contributed by atoms with E-state index in [2.05, 4.69) is 32.3 Å². The fourth-order valence-corrected chi connectivity index (χ4v) is 3.53. The number of carbonyl (C=O) groups is 2. The number of fused-ring (bicyclic) bond motifs is 1. The SMILES string of the molecule is CC(OC(=O)Nc1conc1C#Cc1nc2oc(C3(C(=O)O)COC3)nc2o1)c1ccccc1Cl. The van der Waals surface area contributed by atoms with Crippen molar-refractivity contribution < 1.29 is 37.5 Å². The Balaban J connectivity index is 1.28. The highest BCUT2D eigenvalue weighted by Gasteiger charge is 2.52. The van der Waals surface area contributed by atoms with Gasteiger partial charge in [-0.05, 0) is 18.9 Å². The summed E-state index contributed by atoms with van der Waals surface area (Å²) >= 11 is 6.13. The van der Waals surface area contributed by atoms with Crippen LogP contribution in [0.2, 0.25) is 5.02 Å². The predicted molar refractivity (Wildman–Crippen MR) is 117 cm³/mol. The zero-order valence-corrected chi connectivity index (χ0v) is 18.7. The molecule has 4 heterocycles. The van der Waals surface area contributed by atoms with Crippen LogP contribution in [0.25, 0.3) is 11.4 Å². The van der Waals surface area contributed by atoms with E-state index in [9.17, 15) is 14.7 Å². The normalized spacial score (nSPS) is 15.0. The molecule has 0 saturated carbocycles. The van der Waals surface area contributed by atoms with Gasteiger partial charge in [0.1, 0.15) is 18.1 Å². The van der Waals surface area contributed by atoms with Crippen LogP contribution in [-0.4, -0.2) is 45.5 Å². The molecule has 12 nitrogen and oxygen atoms in total. The second-order valence-electron chi connectivity index (χ2n) is 7.55. The number of halogens is 1. The average molecular weight is 499 g/mol. The molecule has 1 atom stereocenters. The van der Waals surface area contributed by atoms with E-state index in [-0.39, 0.29) is 47.8 Å². The number of carbonyl (C=O) groups excluding carboxylic acids is 1. The second kappa shape index (κ2) is 8.79. The summed E-state index contributed by atoms with van der Waals surface area (Å²) in [5.74, 6) is 4.05. The molecule has 0 aliphatic carbocycles. The van der Waals surface area contributed by atoms with Crippen LogP contribution in [-0.2, 0) is 19.7 Å². The van der Waals surface area contributed by atoms with Crippen molar-refractivity contribution in [3.05, 3.63) is 58.6 Å². The van der Waals surface area contributed by atoms with Crippen LogP contribution in [0.3, 0.4) is 0 Å². The number of carboxylic acids is 1. The molecule has 4 aromatic rings. The maximum absolute atomic E-state index is 12.3. The molecule has 1 aromatic carbocycles. The number of hydrogen-bond donors (Lipinski definition) is 2. The number of hydrogen-bond acceptors (Lipinski definition) is 10. The Morgan fingerprint density at radius 3 is 2.66 bits per heavy atom. The molecule has 1 saturated heterocycles. The summed E-state index contributed by atoms with van der Waals surface area (Å²) in [6.45, 7) is 1.57. The largest absolute Gasteiger partial charge is 0.480 e. The number of aliphatic carboxylic acids is 1. The van der Waals surface area contributed by atoms with Crippen molar-refractivity contribution in [3.63, 3.8) is 0 Å². The van der Waals surface area contributed by atoms with Crippen LogP contribution in [0, 0.1) is 11.8 Å². The molecule has 1 aliphatic heterocycles. The number of oxazole rings is 2. The first-order valence-corrected chi connectivity index (χ1v) is 10.5. The third-order valence-electron chi connectivity index (χ3n) is 5.21. The molecule has 13 heteroatoms. The lowest BCUT2D eigenvalue weighted by atomic mass is 9.86. The summed E-state index contributed by atoms with van der Waals surface area (Å²) in [7, 11) is 0. The van der Waals surface area contributed by atoms with Gasteiger partial charge in [0.2, 0.25) is 5.89 Å². The van der Waals surface area contributed by atoms with E-state index in [1.54, 1.807) is 31.2 Å². The maximum Gasteiger partial charge on any atom is 0.412 e. The van der Waals surface area contributed by atoms with Gasteiger partial charge in [-0.3, -0.25) is 10.1 Å². The third-order valence-corrected chi connectivity index (χ3v) is 5.56. The average Bonchev–Trinajstić information content (AvgIpc) is 3.46. The Hall–Kier alpha value is -4.34. The Labute approximate surface area is 201 Å². The zero-order chi connectivity index (χ0) is 24.6. The number of amides is 1. The summed E-state index contributed by atoms with van der Waals surface area (Å²) in [6.07, 6.45) is -0.182. The van der Waals surface area contributed by atoms with Crippen LogP contribution < -0.4 is 5.32 Å². The first-order valence-electron chi connectivity index (χ1n) is 10.1. The Morgan fingerprint density at radius 1 is 1.20 bits per heavy atom. The highest BCUT2D eigenvalue weighted by atomic mass is 35.5. The molecule has 0 radical (unpaired) electrons. The molecule has 35 heavy (non-hydrogen) atoms. The monoisotopic (exact) mass is 498 g/mol. The summed E-state index contributed by atoms with van der Waals surface area (Å²) in [4.78, 5) is 32.0. The highest BCUT2D eigenvalue weighted by Crippen LogP contribution is 2.34. The van der Waals surface area contributed by atoms with Gasteiger partial charge in [0.05, 0.1) is 13.2 Å². The van der Waals surface area contributed by atoms with Crippen LogP contribution in [0.1, 0.15) is 36.1 Å². The first-order chi connectivity index (χ1) is 16.9. The quantitative estimate of drug-likeness (QED) is 0.387. The third kappa shape index (κ3) is 4.18. The van der Waals surface area contributed by atoms with Gasteiger partial charge < -0.3 is 27.9 Å². The van der Waals surface area contributed by atoms with Gasteiger partial charge in [-0.25, -0.2) is 4.79 Å². The van der Waals surface area contributed by atoms with E-state index in [0.29, 0.717) is 10.6 Å². The minimum atomic E-state index is -1.35. The number of benzene rings is 1. The van der Waals surface area contributed by atoms with Gasteiger partial charge in [-0.15, -0.1) is 0 Å². The van der Waals surface area contributed by atoms with E-state index in [0.717, 1.165) is 0 Å². The first kappa shape index (κ1) is 22.5. The van der Waals surface area contributed by atoms with Crippen molar-refractivity contribution in [2.45, 2.75) is 18.4 Å². The number of nitrogens with one attached hydrogen (secondary N) is 1. The van der Waals surface area contributed by atoms with E-state index in [1.165, 1.54) is 6.26 Å². The predicted octanol–water partition coefficient (Wildman–Crippen LogP) is 3.52. The molecular weight excluding hydrogens is 484 g/mol. The van der Waals surface area contributed by atoms with Crippen molar-refractivity contribution in [1.29, 1.82) is 0 Å². The van der Waals surface area contributed by atoms with Gasteiger partial charge in [0.25, 0.3) is 17.3 Å². The number of rotatable bonds is 5. The lowest BCUT2D eigenvalue weighted by Gasteiger charge is -2.33. The fourth-order valence-electron chi connectivity index (χ4n) is 3.24. The Bertz CT molecular complexity index is 1460. The van der Waals surface area contributed by atoms with Crippen molar-refractivity contribution in [2.24, 2.45) is 0 Å². The van der Waals surface area contributed by atoms with Crippen molar-refractivity contribution >= 4 is 40.8 Å². The topological polar surface area (TPSA) is 163 Å². The molecule has 1 aliphatic rings. The van der Waals surface area contributed by atoms with Gasteiger partial charge in [0, 0.05) is 16.5 Å². The number of aromatic nitrogens is 3. The Kier molecular flexibility index (Phi) is 5.64. The van der Waals surface area contributed by atoms with Crippen molar-refractivity contribution in [3.8, 4) is 11.8 Å². The van der Waals surface area contributed by atoms with Crippen LogP contribution >= 0.6 is 11.6 Å². The smallest absolute Gasteiger partial charge is 0.412 e. The molecule has 178 valence electrons. The Morgan fingerprint density at radius 2 is 1.97 bits per heavy atom. The number of ether oxygens (including phenoxy) is 2. The van der Waals surface area contributed by atoms with E-state index in [1.807, 2.05) is 0 Å². The van der Waals surface area contributed by atoms with E-state index >= 15 is 0 Å². The molecule has 0 bridgehead atoms. The summed E-state index contributed by atoms with van der Waals surface area (Å²) in [5.41, 5.74) is -0.460. The van der Waals surface area contributed by atoms with E-state index in [4.69, 9.17) is 34.4 Å². The van der Waals surface area contributed by atoms with Crippen molar-refractivity contribution in [2.75, 3.05) is 18.5 Å². The van der Waals surface area contributed by atoms with Crippen LogP contribution in [0.15, 0.2) is 43.9 Å². The lowest BCUT2D eigenvalue weighted by Crippen LogP contribution is -2.53. The van der Waals surface area contributed by atoms with Gasteiger partial charge in [-0.2, -0.15) is 9.97 Å². The zero-order valence-electron chi connectivity index (χ0n) is 17.9. The maximum atomic E-state index is 12.3. The number of nitrogens with zero attached hydrogens (tertiary/aromatic N) is 3. The second-order valence-corrected chi connectivity index (χ2v) is 7.96. The minimum Gasteiger partial charge on any atom is -0.480 e. The number of carboxylic acid groups (broad SMARTS) is 1. The summed E-state index contributed by atoms with van der Waals surface area (Å²) < 4.78 is 26.1. The summed E-state index contributed by atoms with van der Waals surface area (Å²) in [6, 6.07) is 7.01. The van der Waals surface area contributed by atoms with E-state index < -0.39 is 23.6 Å².